The highest BCUT2D eigenvalue weighted by molar-refractivity contribution is 5.98. The second-order valence-electron chi connectivity index (χ2n) is 9.45. The van der Waals surface area contributed by atoms with E-state index in [2.05, 4.69) is 31.7 Å². The molecule has 0 saturated carbocycles. The lowest BCUT2D eigenvalue weighted by Gasteiger charge is -2.14. The highest BCUT2D eigenvalue weighted by atomic mass is 16.5. The Bertz CT molecular complexity index is 1500. The van der Waals surface area contributed by atoms with Crippen LogP contribution in [0.15, 0.2) is 58.7 Å². The molecule has 4 N–H and O–H groups in total. The van der Waals surface area contributed by atoms with Gasteiger partial charge >= 0.3 is 0 Å². The van der Waals surface area contributed by atoms with Gasteiger partial charge in [0.15, 0.2) is 23.0 Å². The van der Waals surface area contributed by atoms with E-state index in [1.54, 1.807) is 24.3 Å². The van der Waals surface area contributed by atoms with Crippen LogP contribution in [-0.4, -0.2) is 91.8 Å². The monoisotopic (exact) mass is 664 g/mol. The zero-order valence-electron chi connectivity index (χ0n) is 27.2. The van der Waals surface area contributed by atoms with Gasteiger partial charge in [0.25, 0.3) is 23.6 Å². The van der Waals surface area contributed by atoms with Crippen LogP contribution in [0.4, 0.5) is 0 Å². The molecule has 0 spiro atoms. The van der Waals surface area contributed by atoms with Crippen molar-refractivity contribution in [2.24, 2.45) is 10.2 Å². The summed E-state index contributed by atoms with van der Waals surface area (Å²) in [6, 6.07) is 12.7. The van der Waals surface area contributed by atoms with E-state index >= 15 is 0 Å². The van der Waals surface area contributed by atoms with Gasteiger partial charge in [-0.3, -0.25) is 19.2 Å². The van der Waals surface area contributed by atoms with Crippen LogP contribution >= 0.6 is 0 Å². The van der Waals surface area contributed by atoms with Crippen molar-refractivity contribution in [2.75, 3.05) is 55.7 Å². The summed E-state index contributed by atoms with van der Waals surface area (Å²) >= 11 is 0. The van der Waals surface area contributed by atoms with Gasteiger partial charge in [-0.1, -0.05) is 24.3 Å². The van der Waals surface area contributed by atoms with Crippen molar-refractivity contribution in [3.63, 3.8) is 0 Å². The van der Waals surface area contributed by atoms with Crippen molar-refractivity contribution < 1.29 is 47.6 Å². The van der Waals surface area contributed by atoms with Gasteiger partial charge in [0, 0.05) is 11.1 Å². The van der Waals surface area contributed by atoms with Gasteiger partial charge in [-0.15, -0.1) is 0 Å². The first-order valence-electron chi connectivity index (χ1n) is 14.1. The molecule has 0 heterocycles. The number of nitrogens with zero attached hydrogens (tertiary/aromatic N) is 2. The first-order chi connectivity index (χ1) is 23.2. The molecule has 0 aliphatic carbocycles. The fraction of sp³-hybridized carbons (Fsp3) is 0.250. The SMILES string of the molecule is COc1cc(C(=O)NCC(=O)NN=Cc2ccc(C=NNC(=O)CNC(=O)c3cc(OC)c(OC)c(OC)c3)cc2)cc(OC)c1OC. The molecule has 0 bridgehead atoms. The average Bonchev–Trinajstić information content (AvgIpc) is 3.11. The third-order valence-corrected chi connectivity index (χ3v) is 6.42. The van der Waals surface area contributed by atoms with Crippen molar-refractivity contribution in [3.05, 3.63) is 70.8 Å². The van der Waals surface area contributed by atoms with Crippen LogP contribution in [0.1, 0.15) is 31.8 Å². The van der Waals surface area contributed by atoms with Crippen LogP contribution in [0.5, 0.6) is 34.5 Å². The summed E-state index contributed by atoms with van der Waals surface area (Å²) in [6.45, 7) is -0.661. The van der Waals surface area contributed by atoms with E-state index in [9.17, 15) is 19.2 Å². The molecule has 16 heteroatoms. The number of carbonyl (C=O) groups is 4. The van der Waals surface area contributed by atoms with Gasteiger partial charge < -0.3 is 39.1 Å². The molecule has 16 nitrogen and oxygen atoms in total. The molecular weight excluding hydrogens is 628 g/mol. The lowest BCUT2D eigenvalue weighted by Crippen LogP contribution is -2.35. The zero-order chi connectivity index (χ0) is 35.1. The minimum absolute atomic E-state index is 0.211. The number of rotatable bonds is 16. The van der Waals surface area contributed by atoms with Gasteiger partial charge in [-0.05, 0) is 35.4 Å². The summed E-state index contributed by atoms with van der Waals surface area (Å²) in [7, 11) is 8.62. The smallest absolute Gasteiger partial charge is 0.259 e. The Morgan fingerprint density at radius 1 is 0.542 bits per heavy atom. The normalized spacial score (nSPS) is 10.6. The molecule has 0 aromatic heterocycles. The van der Waals surface area contributed by atoms with Gasteiger partial charge in [0.2, 0.25) is 11.5 Å². The summed E-state index contributed by atoms with van der Waals surface area (Å²) < 4.78 is 31.5. The van der Waals surface area contributed by atoms with E-state index in [0.29, 0.717) is 45.6 Å². The second kappa shape index (κ2) is 18.0. The minimum atomic E-state index is -0.550. The van der Waals surface area contributed by atoms with Crippen LogP contribution in [0.2, 0.25) is 0 Å². The number of benzene rings is 3. The maximum Gasteiger partial charge on any atom is 0.259 e. The average molecular weight is 665 g/mol. The molecule has 3 rings (SSSR count). The van der Waals surface area contributed by atoms with E-state index in [0.717, 1.165) is 0 Å². The molecule has 0 aliphatic heterocycles. The predicted molar refractivity (Wildman–Crippen MR) is 175 cm³/mol. The topological polar surface area (TPSA) is 196 Å². The highest BCUT2D eigenvalue weighted by Crippen LogP contribution is 2.39. The number of methoxy groups -OCH3 is 6. The maximum absolute atomic E-state index is 12.6. The van der Waals surface area contributed by atoms with Gasteiger partial charge in [0.05, 0.1) is 68.2 Å². The Morgan fingerprint density at radius 2 is 0.854 bits per heavy atom. The molecule has 48 heavy (non-hydrogen) atoms. The van der Waals surface area contributed by atoms with Crippen molar-refractivity contribution in [1.29, 1.82) is 0 Å². The van der Waals surface area contributed by atoms with E-state index in [4.69, 9.17) is 28.4 Å². The van der Waals surface area contributed by atoms with E-state index in [1.165, 1.54) is 79.4 Å². The molecule has 0 saturated heterocycles. The predicted octanol–water partition coefficient (Wildman–Crippen LogP) is 1.50. The van der Waals surface area contributed by atoms with Crippen LogP contribution in [0, 0.1) is 0 Å². The molecule has 0 aliphatic rings. The van der Waals surface area contributed by atoms with Gasteiger partial charge in [-0.2, -0.15) is 10.2 Å². The van der Waals surface area contributed by atoms with Crippen LogP contribution in [-0.2, 0) is 9.59 Å². The molecule has 0 fully saturated rings. The lowest BCUT2D eigenvalue weighted by atomic mass is 10.1. The number of hydrogen-bond donors (Lipinski definition) is 4. The number of ether oxygens (including phenoxy) is 6. The molecule has 0 radical (unpaired) electrons. The van der Waals surface area contributed by atoms with E-state index in [1.807, 2.05) is 0 Å². The summed E-state index contributed by atoms with van der Waals surface area (Å²) in [5.41, 5.74) is 6.41. The number of hydrazone groups is 2. The van der Waals surface area contributed by atoms with Crippen LogP contribution < -0.4 is 49.9 Å². The molecule has 0 unspecified atom stereocenters. The van der Waals surface area contributed by atoms with E-state index in [-0.39, 0.29) is 24.2 Å². The molecule has 0 atom stereocenters. The Balaban J connectivity index is 1.43. The zero-order valence-corrected chi connectivity index (χ0v) is 27.2. The minimum Gasteiger partial charge on any atom is -0.493 e. The van der Waals surface area contributed by atoms with E-state index < -0.39 is 23.6 Å². The fourth-order valence-corrected chi connectivity index (χ4v) is 4.05. The van der Waals surface area contributed by atoms with Crippen molar-refractivity contribution >= 4 is 36.1 Å². The van der Waals surface area contributed by atoms with Crippen molar-refractivity contribution in [1.82, 2.24) is 21.5 Å². The molecule has 3 aromatic rings. The van der Waals surface area contributed by atoms with Crippen molar-refractivity contribution in [3.8, 4) is 34.5 Å². The van der Waals surface area contributed by atoms with Crippen molar-refractivity contribution in [2.45, 2.75) is 0 Å². The first-order valence-corrected chi connectivity index (χ1v) is 14.1. The fourth-order valence-electron chi connectivity index (χ4n) is 4.05. The van der Waals surface area contributed by atoms with Gasteiger partial charge in [-0.25, -0.2) is 10.9 Å². The number of carbonyl (C=O) groups excluding carboxylic acids is 4. The first kappa shape index (κ1) is 36.2. The molecule has 3 aromatic carbocycles. The Labute approximate surface area is 276 Å². The highest BCUT2D eigenvalue weighted by Gasteiger charge is 2.18. The molecular formula is C32H36N6O10. The van der Waals surface area contributed by atoms with Crippen LogP contribution in [0.3, 0.4) is 0 Å². The summed E-state index contributed by atoms with van der Waals surface area (Å²) in [4.78, 5) is 49.5. The Morgan fingerprint density at radius 3 is 1.12 bits per heavy atom. The number of amides is 4. The van der Waals surface area contributed by atoms with Gasteiger partial charge in [0.1, 0.15) is 0 Å². The Hall–Kier alpha value is -6.32. The largest absolute Gasteiger partial charge is 0.493 e. The number of nitrogens with one attached hydrogen (secondary N) is 4. The molecule has 4 amide bonds. The second-order valence-corrected chi connectivity index (χ2v) is 9.45. The summed E-state index contributed by atoms with van der Waals surface area (Å²) in [5.74, 6) is -0.279. The third kappa shape index (κ3) is 9.84. The van der Waals surface area contributed by atoms with Crippen LogP contribution in [0.25, 0.3) is 0 Å². The summed E-state index contributed by atoms with van der Waals surface area (Å²) in [5, 5.41) is 12.8. The maximum atomic E-state index is 12.6. The quantitative estimate of drug-likeness (QED) is 0.129. The third-order valence-electron chi connectivity index (χ3n) is 6.42. The standard InChI is InChI=1S/C32H36N6O10/c1-43-23-11-21(12-24(44-2)29(23)47-5)31(41)33-17-27(39)37-35-15-19-7-9-20(10-8-19)16-36-38-28(40)18-34-32(42)22-13-25(45-3)30(48-6)26(14-22)46-4/h7-16H,17-18H2,1-6H3,(H,33,41)(H,34,42)(H,37,39)(H,38,40). The lowest BCUT2D eigenvalue weighted by molar-refractivity contribution is -0.120. The number of hydrogen-bond acceptors (Lipinski definition) is 12. The molecule has 254 valence electrons. The summed E-state index contributed by atoms with van der Waals surface area (Å²) in [6.07, 6.45) is 2.83. The Kier molecular flexibility index (Phi) is 13.5.